The lowest BCUT2D eigenvalue weighted by molar-refractivity contribution is 0.100. The highest BCUT2D eigenvalue weighted by molar-refractivity contribution is 7.90. The van der Waals surface area contributed by atoms with Crippen LogP contribution in [0.4, 0.5) is 0 Å². The van der Waals surface area contributed by atoms with E-state index in [1.54, 1.807) is 32.2 Å². The molecule has 0 saturated carbocycles. The zero-order valence-electron chi connectivity index (χ0n) is 14.3. The van der Waals surface area contributed by atoms with E-state index in [1.165, 1.54) is 11.3 Å². The summed E-state index contributed by atoms with van der Waals surface area (Å²) in [6, 6.07) is 4.87. The molecule has 1 aromatic carbocycles. The number of sulfone groups is 1. The van der Waals surface area contributed by atoms with E-state index in [0.29, 0.717) is 28.5 Å². The molecule has 0 saturated heterocycles. The maximum absolute atomic E-state index is 12.5. The van der Waals surface area contributed by atoms with Crippen molar-refractivity contribution in [2.45, 2.75) is 18.4 Å². The number of carbonyl (C=O) groups is 1. The smallest absolute Gasteiger partial charge is 0.293 e. The third-order valence-electron chi connectivity index (χ3n) is 3.64. The molecule has 0 radical (unpaired) electrons. The molecule has 0 bridgehead atoms. The normalized spacial score (nSPS) is 12.8. The average molecular weight is 413 g/mol. The number of thiazole rings is 1. The van der Waals surface area contributed by atoms with Gasteiger partial charge in [-0.2, -0.15) is 4.99 Å². The van der Waals surface area contributed by atoms with Crippen LogP contribution >= 0.6 is 22.9 Å². The van der Waals surface area contributed by atoms with E-state index in [-0.39, 0.29) is 4.90 Å². The number of rotatable bonds is 5. The molecule has 2 heterocycles. The van der Waals surface area contributed by atoms with Crippen LogP contribution in [0.25, 0.3) is 10.2 Å². The summed E-state index contributed by atoms with van der Waals surface area (Å²) in [4.78, 5) is 17.8. The summed E-state index contributed by atoms with van der Waals surface area (Å²) in [6.07, 6.45) is 1.16. The SMILES string of the molecule is COCCn1c(=NC(=O)c2snnc2C)sc2cc(S(C)(=O)=O)ccc21. The van der Waals surface area contributed by atoms with Gasteiger partial charge in [0.2, 0.25) is 0 Å². The second-order valence-corrected chi connectivity index (χ2v) is 9.31. The summed E-state index contributed by atoms with van der Waals surface area (Å²) in [5, 5.41) is 3.83. The Labute approximate surface area is 157 Å². The Bertz CT molecular complexity index is 1140. The Morgan fingerprint density at radius 1 is 1.38 bits per heavy atom. The summed E-state index contributed by atoms with van der Waals surface area (Å²) >= 11 is 2.26. The summed E-state index contributed by atoms with van der Waals surface area (Å²) in [5.41, 5.74) is 1.33. The lowest BCUT2D eigenvalue weighted by Crippen LogP contribution is -2.19. The van der Waals surface area contributed by atoms with Gasteiger partial charge in [-0.1, -0.05) is 15.8 Å². The van der Waals surface area contributed by atoms with Crippen LogP contribution in [0.15, 0.2) is 28.1 Å². The van der Waals surface area contributed by atoms with Crippen molar-refractivity contribution >= 4 is 48.8 Å². The van der Waals surface area contributed by atoms with Crippen molar-refractivity contribution in [2.75, 3.05) is 20.0 Å². The molecule has 11 heteroatoms. The van der Waals surface area contributed by atoms with Gasteiger partial charge < -0.3 is 9.30 Å². The number of benzene rings is 1. The van der Waals surface area contributed by atoms with E-state index in [2.05, 4.69) is 14.6 Å². The first-order valence-electron chi connectivity index (χ1n) is 7.51. The molecule has 3 rings (SSSR count). The number of hydrogen-bond donors (Lipinski definition) is 0. The number of hydrogen-bond acceptors (Lipinski definition) is 8. The van der Waals surface area contributed by atoms with Crippen molar-refractivity contribution in [3.8, 4) is 0 Å². The molecule has 0 aliphatic heterocycles. The van der Waals surface area contributed by atoms with Gasteiger partial charge >= 0.3 is 0 Å². The van der Waals surface area contributed by atoms with Crippen LogP contribution in [0.2, 0.25) is 0 Å². The zero-order chi connectivity index (χ0) is 18.9. The summed E-state index contributed by atoms with van der Waals surface area (Å²) in [5.74, 6) is -0.418. The van der Waals surface area contributed by atoms with E-state index < -0.39 is 15.7 Å². The van der Waals surface area contributed by atoms with Crippen LogP contribution in [0, 0.1) is 6.92 Å². The summed E-state index contributed by atoms with van der Waals surface area (Å²) in [6.45, 7) is 2.62. The number of fused-ring (bicyclic) bond motifs is 1. The van der Waals surface area contributed by atoms with E-state index in [9.17, 15) is 13.2 Å². The quantitative estimate of drug-likeness (QED) is 0.631. The maximum atomic E-state index is 12.5. The van der Waals surface area contributed by atoms with Gasteiger partial charge in [-0.25, -0.2) is 8.42 Å². The summed E-state index contributed by atoms with van der Waals surface area (Å²) in [7, 11) is -1.73. The van der Waals surface area contributed by atoms with Gasteiger partial charge in [0.25, 0.3) is 5.91 Å². The Kier molecular flexibility index (Phi) is 5.32. The predicted molar refractivity (Wildman–Crippen MR) is 99.3 cm³/mol. The molecule has 0 aliphatic carbocycles. The first-order valence-corrected chi connectivity index (χ1v) is 11.0. The fraction of sp³-hybridized carbons (Fsp3) is 0.333. The molecular weight excluding hydrogens is 396 g/mol. The maximum Gasteiger partial charge on any atom is 0.293 e. The van der Waals surface area contributed by atoms with Gasteiger partial charge in [-0.15, -0.1) is 5.10 Å². The molecule has 2 aromatic heterocycles. The van der Waals surface area contributed by atoms with Crippen LogP contribution < -0.4 is 4.80 Å². The number of aromatic nitrogens is 3. The van der Waals surface area contributed by atoms with Crippen molar-refractivity contribution in [3.63, 3.8) is 0 Å². The molecule has 0 unspecified atom stereocenters. The molecule has 1 amide bonds. The molecule has 0 fully saturated rings. The number of amides is 1. The van der Waals surface area contributed by atoms with Crippen molar-refractivity contribution in [2.24, 2.45) is 4.99 Å². The Balaban J connectivity index is 2.18. The third-order valence-corrected chi connectivity index (χ3v) is 6.61. The van der Waals surface area contributed by atoms with E-state index in [1.807, 2.05) is 4.57 Å². The van der Waals surface area contributed by atoms with Crippen LogP contribution in [-0.4, -0.2) is 48.5 Å². The summed E-state index contributed by atoms with van der Waals surface area (Å²) < 4.78 is 35.1. The molecule has 8 nitrogen and oxygen atoms in total. The number of aryl methyl sites for hydroxylation is 1. The number of carbonyl (C=O) groups excluding carboxylic acids is 1. The van der Waals surface area contributed by atoms with Crippen LogP contribution in [0.1, 0.15) is 15.4 Å². The number of methoxy groups -OCH3 is 1. The second-order valence-electron chi connectivity index (χ2n) is 5.54. The number of ether oxygens (including phenoxy) is 1. The van der Waals surface area contributed by atoms with Crippen molar-refractivity contribution in [3.05, 3.63) is 33.6 Å². The van der Waals surface area contributed by atoms with Gasteiger partial charge in [0.15, 0.2) is 14.6 Å². The molecule has 26 heavy (non-hydrogen) atoms. The topological polar surface area (TPSA) is 104 Å². The Morgan fingerprint density at radius 3 is 2.77 bits per heavy atom. The predicted octanol–water partition coefficient (Wildman–Crippen LogP) is 1.65. The van der Waals surface area contributed by atoms with Crippen LogP contribution in [-0.2, 0) is 21.1 Å². The highest BCUT2D eigenvalue weighted by Gasteiger charge is 2.15. The average Bonchev–Trinajstić information content (AvgIpc) is 3.14. The standard InChI is InChI=1S/C15H16N4O4S3/c1-9-13(25-18-17-9)14(20)16-15-19(6-7-23-2)11-5-4-10(26(3,21)22)8-12(11)24-15/h4-5,8H,6-7H2,1-3H3. The largest absolute Gasteiger partial charge is 0.383 e. The number of nitrogens with zero attached hydrogens (tertiary/aromatic N) is 4. The minimum atomic E-state index is -3.32. The van der Waals surface area contributed by atoms with Gasteiger partial charge in [0.05, 0.1) is 27.4 Å². The Hall–Kier alpha value is -1.95. The molecule has 0 atom stereocenters. The molecule has 0 spiro atoms. The minimum absolute atomic E-state index is 0.227. The molecular formula is C15H16N4O4S3. The molecule has 138 valence electrons. The van der Waals surface area contributed by atoms with E-state index in [4.69, 9.17) is 4.74 Å². The fourth-order valence-corrected chi connectivity index (χ4v) is 4.69. The van der Waals surface area contributed by atoms with Gasteiger partial charge in [-0.05, 0) is 36.7 Å². The van der Waals surface area contributed by atoms with Gasteiger partial charge in [-0.3, -0.25) is 4.79 Å². The molecule has 0 aliphatic rings. The van der Waals surface area contributed by atoms with Crippen LogP contribution in [0.5, 0.6) is 0 Å². The third kappa shape index (κ3) is 3.75. The molecule has 3 aromatic rings. The van der Waals surface area contributed by atoms with E-state index in [0.717, 1.165) is 28.0 Å². The van der Waals surface area contributed by atoms with Gasteiger partial charge in [0, 0.05) is 19.9 Å². The first-order chi connectivity index (χ1) is 12.3. The minimum Gasteiger partial charge on any atom is -0.383 e. The molecule has 0 N–H and O–H groups in total. The van der Waals surface area contributed by atoms with Crippen molar-refractivity contribution in [1.29, 1.82) is 0 Å². The fourth-order valence-electron chi connectivity index (χ4n) is 2.33. The Morgan fingerprint density at radius 2 is 2.15 bits per heavy atom. The van der Waals surface area contributed by atoms with Crippen LogP contribution in [0.3, 0.4) is 0 Å². The second kappa shape index (κ2) is 7.35. The lowest BCUT2D eigenvalue weighted by Gasteiger charge is -2.04. The zero-order valence-corrected chi connectivity index (χ0v) is 16.7. The highest BCUT2D eigenvalue weighted by Crippen LogP contribution is 2.22. The van der Waals surface area contributed by atoms with Gasteiger partial charge in [0.1, 0.15) is 4.88 Å². The van der Waals surface area contributed by atoms with Crippen molar-refractivity contribution in [1.82, 2.24) is 14.2 Å². The van der Waals surface area contributed by atoms with Crippen molar-refractivity contribution < 1.29 is 17.9 Å². The van der Waals surface area contributed by atoms with E-state index >= 15 is 0 Å². The lowest BCUT2D eigenvalue weighted by atomic mass is 10.3. The monoisotopic (exact) mass is 412 g/mol. The first kappa shape index (κ1) is 18.8. The highest BCUT2D eigenvalue weighted by atomic mass is 32.2.